The van der Waals surface area contributed by atoms with Crippen LogP contribution in [0.4, 0.5) is 30.7 Å². The van der Waals surface area contributed by atoms with Gasteiger partial charge in [-0.2, -0.15) is 30.7 Å². The van der Waals surface area contributed by atoms with Gasteiger partial charge in [0.05, 0.1) is 13.1 Å². The van der Waals surface area contributed by atoms with Crippen molar-refractivity contribution in [2.24, 2.45) is 0 Å². The smallest absolute Gasteiger partial charge is 0.459 e. The summed E-state index contributed by atoms with van der Waals surface area (Å²) in [6.45, 7) is -3.24. The average Bonchev–Trinajstić information content (AvgIpc) is 2.00. The number of carbonyl (C=O) groups is 1. The van der Waals surface area contributed by atoms with E-state index in [4.69, 9.17) is 5.11 Å². The predicted octanol–water partition coefficient (Wildman–Crippen LogP) is 1.49. The molecular weight excluding hydrogens is 251 g/mol. The zero-order valence-corrected chi connectivity index (χ0v) is 7.42. The molecule has 0 heterocycles. The molecule has 0 amide bonds. The number of aliphatic carboxylic acids is 1. The highest BCUT2D eigenvalue weighted by Crippen LogP contribution is 2.45. The molecule has 0 aromatic carbocycles. The first-order chi connectivity index (χ1) is 6.92. The van der Waals surface area contributed by atoms with Crippen LogP contribution in [0, 0.1) is 0 Å². The van der Waals surface area contributed by atoms with Gasteiger partial charge in [-0.25, -0.2) is 0 Å². The molecule has 0 unspecified atom stereocenters. The molecule has 0 aliphatic heterocycles. The van der Waals surface area contributed by atoms with Crippen molar-refractivity contribution < 1.29 is 40.6 Å². The van der Waals surface area contributed by atoms with E-state index in [1.54, 1.807) is 0 Å². The Morgan fingerprint density at radius 1 is 1.06 bits per heavy atom. The molecule has 0 bridgehead atoms. The van der Waals surface area contributed by atoms with Gasteiger partial charge in [-0.1, -0.05) is 0 Å². The van der Waals surface area contributed by atoms with Gasteiger partial charge in [0.15, 0.2) is 0 Å². The van der Waals surface area contributed by atoms with Crippen molar-refractivity contribution in [3.63, 3.8) is 0 Å². The van der Waals surface area contributed by atoms with Crippen molar-refractivity contribution in [3.05, 3.63) is 0 Å². The van der Waals surface area contributed by atoms with Crippen LogP contribution in [0.5, 0.6) is 0 Å². The topological polar surface area (TPSA) is 49.3 Å². The number of nitrogens with one attached hydrogen (secondary N) is 1. The fourth-order valence-electron chi connectivity index (χ4n) is 0.645. The third-order valence-corrected chi connectivity index (χ3v) is 1.44. The van der Waals surface area contributed by atoms with Gasteiger partial charge in [-0.15, -0.1) is 0 Å². The second-order valence-electron chi connectivity index (χ2n) is 2.77. The van der Waals surface area contributed by atoms with Crippen molar-refractivity contribution in [1.29, 1.82) is 0 Å². The Morgan fingerprint density at radius 2 is 1.50 bits per heavy atom. The molecule has 0 saturated carbocycles. The zero-order chi connectivity index (χ0) is 13.2. The van der Waals surface area contributed by atoms with Crippen molar-refractivity contribution in [2.75, 3.05) is 13.1 Å². The van der Waals surface area contributed by atoms with E-state index in [2.05, 4.69) is 0 Å². The molecule has 0 saturated heterocycles. The van der Waals surface area contributed by atoms with E-state index in [0.717, 1.165) is 0 Å². The van der Waals surface area contributed by atoms with E-state index >= 15 is 0 Å². The summed E-state index contributed by atoms with van der Waals surface area (Å²) in [5.41, 5.74) is 0. The fraction of sp³-hybridized carbons (Fsp3) is 0.833. The summed E-state index contributed by atoms with van der Waals surface area (Å²) < 4.78 is 83.8. The van der Waals surface area contributed by atoms with Gasteiger partial charge >= 0.3 is 24.0 Å². The summed E-state index contributed by atoms with van der Waals surface area (Å²) in [4.78, 5) is 9.81. The van der Waals surface area contributed by atoms with Crippen LogP contribution in [-0.2, 0) is 4.79 Å². The molecule has 3 nitrogen and oxygen atoms in total. The van der Waals surface area contributed by atoms with Gasteiger partial charge in [-0.3, -0.25) is 4.79 Å². The monoisotopic (exact) mass is 257 g/mol. The first-order valence-electron chi connectivity index (χ1n) is 3.66. The third-order valence-electron chi connectivity index (χ3n) is 1.44. The SMILES string of the molecule is O=C(O)CNCC(F)(F)C(F)(F)C(F)(F)F. The number of rotatable bonds is 5. The molecule has 0 aromatic rings. The fourth-order valence-corrected chi connectivity index (χ4v) is 0.645. The van der Waals surface area contributed by atoms with Gasteiger partial charge < -0.3 is 10.4 Å². The third kappa shape index (κ3) is 3.22. The highest BCUT2D eigenvalue weighted by Gasteiger charge is 2.72. The van der Waals surface area contributed by atoms with Crippen LogP contribution in [0.2, 0.25) is 0 Å². The number of carboxylic acid groups (broad SMARTS) is 1. The maximum Gasteiger partial charge on any atom is 0.459 e. The van der Waals surface area contributed by atoms with Crippen LogP contribution in [0.25, 0.3) is 0 Å². The summed E-state index contributed by atoms with van der Waals surface area (Å²) in [5.74, 6) is -13.3. The Kier molecular flexibility index (Phi) is 4.14. The first-order valence-corrected chi connectivity index (χ1v) is 3.66. The van der Waals surface area contributed by atoms with E-state index in [9.17, 15) is 35.5 Å². The molecule has 0 aliphatic rings. The first kappa shape index (κ1) is 14.9. The summed E-state index contributed by atoms with van der Waals surface area (Å²) in [6, 6.07) is 0. The van der Waals surface area contributed by atoms with Crippen LogP contribution >= 0.6 is 0 Å². The summed E-state index contributed by atoms with van der Waals surface area (Å²) >= 11 is 0. The number of hydrogen-bond acceptors (Lipinski definition) is 2. The quantitative estimate of drug-likeness (QED) is 0.734. The standard InChI is InChI=1S/C6H6F7NO2/c7-4(8,2-14-1-3(15)16)5(9,10)6(11,12)13/h14H,1-2H2,(H,15,16). The van der Waals surface area contributed by atoms with Crippen LogP contribution in [-0.4, -0.2) is 42.2 Å². The predicted molar refractivity (Wildman–Crippen MR) is 36.5 cm³/mol. The van der Waals surface area contributed by atoms with Crippen molar-refractivity contribution in [1.82, 2.24) is 5.32 Å². The number of alkyl halides is 7. The lowest BCUT2D eigenvalue weighted by Crippen LogP contribution is -2.56. The highest BCUT2D eigenvalue weighted by atomic mass is 19.4. The van der Waals surface area contributed by atoms with Crippen LogP contribution in [0.1, 0.15) is 0 Å². The summed E-state index contributed by atoms with van der Waals surface area (Å²) in [6.07, 6.45) is -6.40. The van der Waals surface area contributed by atoms with E-state index in [1.807, 2.05) is 0 Å². The minimum absolute atomic E-state index is 1.15. The van der Waals surface area contributed by atoms with Crippen molar-refractivity contribution >= 4 is 5.97 Å². The maximum absolute atomic E-state index is 12.4. The lowest BCUT2D eigenvalue weighted by atomic mass is 10.1. The van der Waals surface area contributed by atoms with Crippen LogP contribution in [0.3, 0.4) is 0 Å². The molecule has 0 aromatic heterocycles. The Morgan fingerprint density at radius 3 is 1.81 bits per heavy atom. The molecule has 0 spiro atoms. The minimum Gasteiger partial charge on any atom is -0.480 e. The maximum atomic E-state index is 12.4. The molecule has 0 rings (SSSR count). The molecule has 0 fully saturated rings. The average molecular weight is 257 g/mol. The Labute approximate surface area is 84.2 Å². The van der Waals surface area contributed by atoms with E-state index in [-0.39, 0.29) is 0 Å². The molecule has 0 atom stereocenters. The number of halogens is 7. The van der Waals surface area contributed by atoms with Crippen molar-refractivity contribution in [2.45, 2.75) is 18.0 Å². The lowest BCUT2D eigenvalue weighted by Gasteiger charge is -2.28. The summed E-state index contributed by atoms with van der Waals surface area (Å²) in [5, 5.41) is 9.23. The number of carboxylic acids is 1. The van der Waals surface area contributed by atoms with E-state index in [1.165, 1.54) is 5.32 Å². The Balaban J connectivity index is 4.59. The van der Waals surface area contributed by atoms with Crippen LogP contribution < -0.4 is 5.32 Å². The minimum atomic E-state index is -6.40. The molecule has 0 radical (unpaired) electrons. The molecule has 16 heavy (non-hydrogen) atoms. The van der Waals surface area contributed by atoms with Gasteiger partial charge in [0.2, 0.25) is 0 Å². The van der Waals surface area contributed by atoms with Crippen LogP contribution in [0.15, 0.2) is 0 Å². The van der Waals surface area contributed by atoms with Gasteiger partial charge in [0.1, 0.15) is 0 Å². The van der Waals surface area contributed by atoms with Gasteiger partial charge in [-0.05, 0) is 0 Å². The highest BCUT2D eigenvalue weighted by molar-refractivity contribution is 5.68. The van der Waals surface area contributed by atoms with Gasteiger partial charge in [0, 0.05) is 0 Å². The van der Waals surface area contributed by atoms with E-state index in [0.29, 0.717) is 0 Å². The lowest BCUT2D eigenvalue weighted by molar-refractivity contribution is -0.352. The molecule has 96 valence electrons. The molecule has 10 heteroatoms. The van der Waals surface area contributed by atoms with Crippen molar-refractivity contribution in [3.8, 4) is 0 Å². The Bertz CT molecular complexity index is 262. The van der Waals surface area contributed by atoms with Gasteiger partial charge in [0.25, 0.3) is 0 Å². The summed E-state index contributed by atoms with van der Waals surface area (Å²) in [7, 11) is 0. The molecular formula is C6H6F7NO2. The second-order valence-corrected chi connectivity index (χ2v) is 2.77. The Hall–Kier alpha value is -1.06. The molecule has 2 N–H and O–H groups in total. The largest absolute Gasteiger partial charge is 0.480 e. The second kappa shape index (κ2) is 4.44. The normalized spacial score (nSPS) is 13.9. The molecule has 0 aliphatic carbocycles. The number of hydrogen-bond donors (Lipinski definition) is 2. The zero-order valence-electron chi connectivity index (χ0n) is 7.42. The van der Waals surface area contributed by atoms with E-state index < -0.39 is 37.1 Å².